The molecule has 5 aliphatic carbocycles. The molecule has 1 heterocycles. The fourth-order valence-corrected chi connectivity index (χ4v) is 13.8. The van der Waals surface area contributed by atoms with E-state index in [0.29, 0.717) is 30.6 Å². The monoisotopic (exact) mass is 653 g/mol. The zero-order valence-electron chi connectivity index (χ0n) is 31.2. The summed E-state index contributed by atoms with van der Waals surface area (Å²) in [5.74, 6) is 1.18. The summed E-state index contributed by atoms with van der Waals surface area (Å²) in [6.45, 7) is 21.1. The molecule has 0 radical (unpaired) electrons. The lowest BCUT2D eigenvalue weighted by Gasteiger charge is -2.72. The molecule has 0 unspecified atom stereocenters. The van der Waals surface area contributed by atoms with E-state index in [9.17, 15) is 14.7 Å². The van der Waals surface area contributed by atoms with Gasteiger partial charge in [0.2, 0.25) is 0 Å². The van der Waals surface area contributed by atoms with Gasteiger partial charge in [-0.25, -0.2) is 0 Å². The first-order chi connectivity index (χ1) is 22.1. The maximum atomic E-state index is 14.1. The van der Waals surface area contributed by atoms with Gasteiger partial charge < -0.3 is 14.6 Å². The van der Waals surface area contributed by atoms with Gasteiger partial charge in [-0.1, -0.05) is 99.5 Å². The Balaban J connectivity index is 1.19. The van der Waals surface area contributed by atoms with E-state index in [1.54, 1.807) is 0 Å². The topological polar surface area (TPSA) is 72.8 Å². The number of fused-ring (bicyclic) bond motifs is 5. The maximum Gasteiger partial charge on any atom is 0.317 e. The van der Waals surface area contributed by atoms with E-state index >= 15 is 0 Å². The van der Waals surface area contributed by atoms with Gasteiger partial charge in [-0.15, -0.1) is 0 Å². The number of carbonyl (C=O) groups is 2. The highest BCUT2D eigenvalue weighted by molar-refractivity contribution is 5.85. The highest BCUT2D eigenvalue weighted by atomic mass is 16.6. The second-order valence-corrected chi connectivity index (χ2v) is 18.9. The van der Waals surface area contributed by atoms with Gasteiger partial charge in [-0.2, -0.15) is 0 Å². The molecule has 11 atom stereocenters. The van der Waals surface area contributed by atoms with Crippen LogP contribution in [0.25, 0.3) is 0 Å². The molecule has 0 spiro atoms. The Labute approximate surface area is 286 Å². The third-order valence-corrected chi connectivity index (χ3v) is 16.6. The van der Waals surface area contributed by atoms with Gasteiger partial charge in [0, 0.05) is 18.8 Å². The number of hydrogen-bond donors (Lipinski definition) is 1. The number of esters is 2. The second-order valence-electron chi connectivity index (χ2n) is 18.9. The first kappa shape index (κ1) is 35.5. The smallest absolute Gasteiger partial charge is 0.317 e. The van der Waals surface area contributed by atoms with E-state index in [4.69, 9.17) is 9.47 Å². The summed E-state index contributed by atoms with van der Waals surface area (Å²) in [6, 6.07) is 0. The molecule has 0 amide bonds. The van der Waals surface area contributed by atoms with Gasteiger partial charge in [0.15, 0.2) is 0 Å². The van der Waals surface area contributed by atoms with Gasteiger partial charge >= 0.3 is 11.9 Å². The molecular formula is C42H68O5. The summed E-state index contributed by atoms with van der Waals surface area (Å²) in [4.78, 5) is 27.5. The molecule has 5 nitrogen and oxygen atoms in total. The van der Waals surface area contributed by atoms with Crippen molar-refractivity contribution in [2.45, 2.75) is 188 Å². The minimum Gasteiger partial charge on any atom is -0.461 e. The average Bonchev–Trinajstić information content (AvgIpc) is 3.44. The van der Waals surface area contributed by atoms with Crippen molar-refractivity contribution >= 4 is 11.9 Å². The minimum absolute atomic E-state index is 0.0113. The Hall–Kier alpha value is -1.36. The van der Waals surface area contributed by atoms with E-state index in [1.165, 1.54) is 51.4 Å². The van der Waals surface area contributed by atoms with Crippen LogP contribution in [0.3, 0.4) is 0 Å². The molecule has 266 valence electrons. The van der Waals surface area contributed by atoms with Crippen LogP contribution in [0, 0.1) is 50.7 Å². The zero-order chi connectivity index (χ0) is 34.0. The van der Waals surface area contributed by atoms with Gasteiger partial charge in [0.25, 0.3) is 0 Å². The van der Waals surface area contributed by atoms with Gasteiger partial charge in [-0.3, -0.25) is 9.59 Å². The lowest BCUT2D eigenvalue weighted by atomic mass is 9.32. The van der Waals surface area contributed by atoms with Crippen molar-refractivity contribution < 1.29 is 24.2 Å². The van der Waals surface area contributed by atoms with E-state index in [2.05, 4.69) is 48.1 Å². The van der Waals surface area contributed by atoms with E-state index in [1.807, 2.05) is 6.92 Å². The molecule has 6 aliphatic rings. The fourth-order valence-electron chi connectivity index (χ4n) is 13.8. The summed E-state index contributed by atoms with van der Waals surface area (Å²) < 4.78 is 12.9. The van der Waals surface area contributed by atoms with Crippen LogP contribution >= 0.6 is 0 Å². The molecular weight excluding hydrogens is 584 g/mol. The van der Waals surface area contributed by atoms with Crippen molar-refractivity contribution in [2.75, 3.05) is 0 Å². The predicted octanol–water partition coefficient (Wildman–Crippen LogP) is 10.1. The fraction of sp³-hybridized carbons (Fsp3) is 0.905. The Morgan fingerprint density at radius 2 is 1.51 bits per heavy atom. The summed E-state index contributed by atoms with van der Waals surface area (Å²) in [7, 11) is 0. The Kier molecular flexibility index (Phi) is 9.39. The van der Waals surface area contributed by atoms with Gasteiger partial charge in [-0.05, 0) is 110 Å². The molecule has 0 aromatic carbocycles. The quantitative estimate of drug-likeness (QED) is 0.129. The highest BCUT2D eigenvalue weighted by Gasteiger charge is 2.82. The average molecular weight is 653 g/mol. The first-order valence-corrected chi connectivity index (χ1v) is 19.9. The number of hydrogen-bond acceptors (Lipinski definition) is 5. The molecule has 1 saturated heterocycles. The molecule has 6 rings (SSSR count). The molecule has 1 N–H and O–H groups in total. The third-order valence-electron chi connectivity index (χ3n) is 16.6. The van der Waals surface area contributed by atoms with Crippen LogP contribution in [0.15, 0.2) is 12.2 Å². The van der Waals surface area contributed by atoms with E-state index in [0.717, 1.165) is 63.4 Å². The van der Waals surface area contributed by atoms with Crippen LogP contribution < -0.4 is 0 Å². The lowest BCUT2D eigenvalue weighted by Crippen LogP contribution is -2.67. The predicted molar refractivity (Wildman–Crippen MR) is 187 cm³/mol. The number of carbonyl (C=O) groups excluding carboxylic acids is 2. The van der Waals surface area contributed by atoms with Crippen LogP contribution in [-0.2, 0) is 19.1 Å². The number of unbranched alkanes of at least 4 members (excludes halogenated alkanes) is 8. The SMILES string of the molecule is C=C(C)[C@@]12C[C@@H](OC(=O)CCCCCCCCCCC)[C@]3(CC[C@]4(C)[C@H](CC[C@@H]5[C@@]6(C)CC[C@@H](O)C(C)(C)[C@@H]6CC[C@]54C)[C@H]31)C(=O)O2. The summed E-state index contributed by atoms with van der Waals surface area (Å²) in [6.07, 6.45) is 19.6. The van der Waals surface area contributed by atoms with Crippen LogP contribution in [0.2, 0.25) is 0 Å². The van der Waals surface area contributed by atoms with Crippen LogP contribution in [0.4, 0.5) is 0 Å². The molecule has 5 saturated carbocycles. The van der Waals surface area contributed by atoms with Crippen molar-refractivity contribution in [3.8, 4) is 0 Å². The van der Waals surface area contributed by atoms with Gasteiger partial charge in [0.1, 0.15) is 17.1 Å². The number of ether oxygens (including phenoxy) is 2. The largest absolute Gasteiger partial charge is 0.461 e. The van der Waals surface area contributed by atoms with Crippen LogP contribution in [-0.4, -0.2) is 34.9 Å². The molecule has 47 heavy (non-hydrogen) atoms. The lowest BCUT2D eigenvalue weighted by molar-refractivity contribution is -0.247. The first-order valence-electron chi connectivity index (χ1n) is 19.9. The standard InChI is InChI=1S/C42H68O5/c1-9-10-11-12-13-14-15-16-17-18-34(44)46-33-27-42(28(2)3)35-29-19-20-31-38(6)23-22-32(43)37(4,5)30(38)21-24-40(31,8)39(29,7)25-26-41(33,35)36(45)47-42/h29-33,35,43H,2,9-27H2,1,3-8H3/t29-,30+,31-,32-,33-,35-,38+,39-,40-,41+,42+/m1/s1. The summed E-state index contributed by atoms with van der Waals surface area (Å²) >= 11 is 0. The number of aliphatic hydroxyl groups excluding tert-OH is 1. The Morgan fingerprint density at radius 1 is 0.851 bits per heavy atom. The van der Waals surface area contributed by atoms with Crippen molar-refractivity contribution in [3.63, 3.8) is 0 Å². The maximum absolute atomic E-state index is 14.1. The number of aliphatic hydroxyl groups is 1. The Morgan fingerprint density at radius 3 is 2.17 bits per heavy atom. The molecule has 0 aromatic heterocycles. The zero-order valence-corrected chi connectivity index (χ0v) is 31.2. The minimum atomic E-state index is -0.751. The van der Waals surface area contributed by atoms with Crippen molar-refractivity contribution in [1.82, 2.24) is 0 Å². The second kappa shape index (κ2) is 12.4. The van der Waals surface area contributed by atoms with E-state index in [-0.39, 0.29) is 45.6 Å². The molecule has 2 bridgehead atoms. The van der Waals surface area contributed by atoms with Crippen molar-refractivity contribution in [1.29, 1.82) is 0 Å². The van der Waals surface area contributed by atoms with E-state index < -0.39 is 17.1 Å². The van der Waals surface area contributed by atoms with Crippen molar-refractivity contribution in [3.05, 3.63) is 12.2 Å². The highest BCUT2D eigenvalue weighted by Crippen LogP contribution is 2.80. The Bertz CT molecular complexity index is 1220. The molecule has 6 fully saturated rings. The number of rotatable bonds is 12. The molecule has 0 aromatic rings. The van der Waals surface area contributed by atoms with Gasteiger partial charge in [0.05, 0.1) is 6.10 Å². The molecule has 1 aliphatic heterocycles. The van der Waals surface area contributed by atoms with Crippen LogP contribution in [0.5, 0.6) is 0 Å². The third kappa shape index (κ3) is 5.06. The van der Waals surface area contributed by atoms with Crippen molar-refractivity contribution in [2.24, 2.45) is 50.7 Å². The summed E-state index contributed by atoms with van der Waals surface area (Å²) in [5, 5.41) is 11.1. The molecule has 5 heteroatoms. The summed E-state index contributed by atoms with van der Waals surface area (Å²) in [5.41, 5.74) is -0.230. The van der Waals surface area contributed by atoms with Crippen LogP contribution in [0.1, 0.15) is 170 Å². The normalized spacial score (nSPS) is 46.1.